The van der Waals surface area contributed by atoms with Crippen molar-refractivity contribution in [1.29, 1.82) is 0 Å². The van der Waals surface area contributed by atoms with Crippen molar-refractivity contribution in [3.63, 3.8) is 0 Å². The molecule has 0 fully saturated rings. The van der Waals surface area contributed by atoms with Crippen molar-refractivity contribution in [3.05, 3.63) is 52.1 Å². The second-order valence-electron chi connectivity index (χ2n) is 4.21. The van der Waals surface area contributed by atoms with Crippen LogP contribution in [0.1, 0.15) is 11.1 Å². The summed E-state index contributed by atoms with van der Waals surface area (Å²) in [6.07, 6.45) is 1.63. The summed E-state index contributed by atoms with van der Waals surface area (Å²) in [7, 11) is 1.69. The van der Waals surface area contributed by atoms with E-state index in [4.69, 9.17) is 10.5 Å². The highest BCUT2D eigenvalue weighted by atomic mass is 79.9. The lowest BCUT2D eigenvalue weighted by molar-refractivity contribution is 0.185. The van der Waals surface area contributed by atoms with Gasteiger partial charge in [0.25, 0.3) is 0 Å². The third-order valence-corrected chi connectivity index (χ3v) is 3.23. The molecule has 19 heavy (non-hydrogen) atoms. The Hall–Kier alpha value is -1.59. The zero-order valence-electron chi connectivity index (χ0n) is 10.7. The van der Waals surface area contributed by atoms with Gasteiger partial charge in [-0.3, -0.25) is 0 Å². The van der Waals surface area contributed by atoms with Gasteiger partial charge in [0.1, 0.15) is 5.82 Å². The van der Waals surface area contributed by atoms with E-state index in [-0.39, 0.29) is 0 Å². The van der Waals surface area contributed by atoms with E-state index in [0.29, 0.717) is 18.8 Å². The van der Waals surface area contributed by atoms with Crippen LogP contribution in [0.3, 0.4) is 0 Å². The molecule has 0 amide bonds. The minimum atomic E-state index is 0.623. The van der Waals surface area contributed by atoms with Gasteiger partial charge in [-0.25, -0.2) is 4.98 Å². The summed E-state index contributed by atoms with van der Waals surface area (Å²) >= 11 is 3.43. The van der Waals surface area contributed by atoms with Crippen molar-refractivity contribution in [2.24, 2.45) is 0 Å². The Morgan fingerprint density at radius 3 is 2.84 bits per heavy atom. The minimum Gasteiger partial charge on any atom is -0.397 e. The van der Waals surface area contributed by atoms with Crippen LogP contribution in [-0.2, 0) is 17.9 Å². The summed E-state index contributed by atoms with van der Waals surface area (Å²) in [6, 6.07) is 10.1. The molecule has 0 radical (unpaired) electrons. The fraction of sp³-hybridized carbons (Fsp3) is 0.214. The summed E-state index contributed by atoms with van der Waals surface area (Å²) < 4.78 is 5.99. The Bertz CT molecular complexity index is 560. The summed E-state index contributed by atoms with van der Waals surface area (Å²) in [5.41, 5.74) is 8.63. The Morgan fingerprint density at radius 2 is 2.11 bits per heavy atom. The Morgan fingerprint density at radius 1 is 1.32 bits per heavy atom. The molecule has 1 heterocycles. The molecule has 2 rings (SSSR count). The molecule has 0 aliphatic heterocycles. The Balaban J connectivity index is 2.03. The topological polar surface area (TPSA) is 60.2 Å². The lowest BCUT2D eigenvalue weighted by atomic mass is 10.1. The first-order valence-electron chi connectivity index (χ1n) is 5.90. The standard InChI is InChI=1S/C14H16BrN3O/c1-19-9-11-4-2-3-10(5-11)7-17-14-13(15)6-12(16)8-18-14/h2-6,8H,7,9,16H2,1H3,(H,17,18). The van der Waals surface area contributed by atoms with Crippen molar-refractivity contribution in [1.82, 2.24) is 4.98 Å². The van der Waals surface area contributed by atoms with Crippen molar-refractivity contribution in [2.45, 2.75) is 13.2 Å². The lowest BCUT2D eigenvalue weighted by Gasteiger charge is -2.09. The zero-order valence-corrected chi connectivity index (χ0v) is 12.3. The van der Waals surface area contributed by atoms with Crippen LogP contribution < -0.4 is 11.1 Å². The Kier molecular flexibility index (Phi) is 4.76. The third kappa shape index (κ3) is 3.94. The molecule has 1 aromatic carbocycles. The average molecular weight is 322 g/mol. The predicted molar refractivity (Wildman–Crippen MR) is 80.8 cm³/mol. The molecule has 2 aromatic rings. The number of anilines is 2. The van der Waals surface area contributed by atoms with E-state index >= 15 is 0 Å². The monoisotopic (exact) mass is 321 g/mol. The number of hydrogen-bond acceptors (Lipinski definition) is 4. The van der Waals surface area contributed by atoms with Crippen LogP contribution in [0.15, 0.2) is 41.0 Å². The van der Waals surface area contributed by atoms with E-state index in [1.54, 1.807) is 13.3 Å². The molecule has 1 aromatic heterocycles. The zero-order chi connectivity index (χ0) is 13.7. The molecule has 100 valence electrons. The smallest absolute Gasteiger partial charge is 0.140 e. The molecule has 0 saturated heterocycles. The second-order valence-corrected chi connectivity index (χ2v) is 5.06. The number of ether oxygens (including phenoxy) is 1. The van der Waals surface area contributed by atoms with Crippen molar-refractivity contribution in [2.75, 3.05) is 18.2 Å². The summed E-state index contributed by atoms with van der Waals surface area (Å²) in [5.74, 6) is 0.784. The van der Waals surface area contributed by atoms with Crippen LogP contribution in [0, 0.1) is 0 Å². The van der Waals surface area contributed by atoms with Crippen LogP contribution >= 0.6 is 15.9 Å². The van der Waals surface area contributed by atoms with E-state index < -0.39 is 0 Å². The van der Waals surface area contributed by atoms with E-state index in [1.807, 2.05) is 18.2 Å². The number of hydrogen-bond donors (Lipinski definition) is 2. The summed E-state index contributed by atoms with van der Waals surface area (Å²) in [6.45, 7) is 1.32. The van der Waals surface area contributed by atoms with Crippen molar-refractivity contribution in [3.8, 4) is 0 Å². The van der Waals surface area contributed by atoms with Gasteiger partial charge in [-0.2, -0.15) is 0 Å². The number of benzene rings is 1. The fourth-order valence-electron chi connectivity index (χ4n) is 1.76. The quantitative estimate of drug-likeness (QED) is 0.887. The molecule has 0 atom stereocenters. The third-order valence-electron chi connectivity index (χ3n) is 2.62. The van der Waals surface area contributed by atoms with Crippen LogP contribution in [0.2, 0.25) is 0 Å². The van der Waals surface area contributed by atoms with Gasteiger partial charge in [0, 0.05) is 13.7 Å². The van der Waals surface area contributed by atoms with E-state index in [1.165, 1.54) is 5.56 Å². The molecule has 0 aliphatic rings. The summed E-state index contributed by atoms with van der Waals surface area (Å²) in [4.78, 5) is 4.24. The predicted octanol–water partition coefficient (Wildman–Crippen LogP) is 3.18. The number of aromatic nitrogens is 1. The molecular formula is C14H16BrN3O. The number of halogens is 1. The van der Waals surface area contributed by atoms with E-state index in [0.717, 1.165) is 15.9 Å². The number of nitrogens with two attached hydrogens (primary N) is 1. The molecule has 0 saturated carbocycles. The van der Waals surface area contributed by atoms with Crippen LogP contribution in [0.25, 0.3) is 0 Å². The fourth-order valence-corrected chi connectivity index (χ4v) is 2.27. The van der Waals surface area contributed by atoms with Crippen LogP contribution in [0.5, 0.6) is 0 Å². The number of pyridine rings is 1. The molecule has 0 unspecified atom stereocenters. The van der Waals surface area contributed by atoms with Gasteiger partial charge in [-0.15, -0.1) is 0 Å². The largest absolute Gasteiger partial charge is 0.397 e. The van der Waals surface area contributed by atoms with Gasteiger partial charge >= 0.3 is 0 Å². The number of rotatable bonds is 5. The first kappa shape index (κ1) is 13.8. The minimum absolute atomic E-state index is 0.623. The van der Waals surface area contributed by atoms with Gasteiger partial charge in [0.15, 0.2) is 0 Å². The molecular weight excluding hydrogens is 306 g/mol. The van der Waals surface area contributed by atoms with Gasteiger partial charge < -0.3 is 15.8 Å². The first-order chi connectivity index (χ1) is 9.19. The SMILES string of the molecule is COCc1cccc(CNc2ncc(N)cc2Br)c1. The number of nitrogen functional groups attached to an aromatic ring is 1. The van der Waals surface area contributed by atoms with Gasteiger partial charge in [0.05, 0.1) is 23.0 Å². The maximum Gasteiger partial charge on any atom is 0.140 e. The highest BCUT2D eigenvalue weighted by Crippen LogP contribution is 2.22. The summed E-state index contributed by atoms with van der Waals surface area (Å²) in [5, 5.41) is 3.27. The number of nitrogens with zero attached hydrogens (tertiary/aromatic N) is 1. The molecule has 5 heteroatoms. The van der Waals surface area contributed by atoms with Crippen molar-refractivity contribution < 1.29 is 4.74 Å². The second kappa shape index (κ2) is 6.54. The van der Waals surface area contributed by atoms with E-state index in [9.17, 15) is 0 Å². The number of methoxy groups -OCH3 is 1. The van der Waals surface area contributed by atoms with E-state index in [2.05, 4.69) is 38.4 Å². The molecule has 0 aliphatic carbocycles. The number of nitrogens with one attached hydrogen (secondary N) is 1. The maximum absolute atomic E-state index is 5.65. The molecule has 4 nitrogen and oxygen atoms in total. The van der Waals surface area contributed by atoms with Gasteiger partial charge in [0.2, 0.25) is 0 Å². The van der Waals surface area contributed by atoms with Crippen molar-refractivity contribution >= 4 is 27.4 Å². The molecule has 0 bridgehead atoms. The normalized spacial score (nSPS) is 10.4. The average Bonchev–Trinajstić information content (AvgIpc) is 2.38. The Labute approximate surface area is 121 Å². The lowest BCUT2D eigenvalue weighted by Crippen LogP contribution is -2.03. The highest BCUT2D eigenvalue weighted by Gasteiger charge is 2.02. The van der Waals surface area contributed by atoms with Crippen LogP contribution in [0.4, 0.5) is 11.5 Å². The molecule has 0 spiro atoms. The van der Waals surface area contributed by atoms with Crippen LogP contribution in [-0.4, -0.2) is 12.1 Å². The van der Waals surface area contributed by atoms with Gasteiger partial charge in [-0.05, 0) is 33.1 Å². The maximum atomic E-state index is 5.65. The van der Waals surface area contributed by atoms with Gasteiger partial charge in [-0.1, -0.05) is 24.3 Å². The molecule has 3 N–H and O–H groups in total. The highest BCUT2D eigenvalue weighted by molar-refractivity contribution is 9.10. The first-order valence-corrected chi connectivity index (χ1v) is 6.70.